The zero-order chi connectivity index (χ0) is 23.9. The third-order valence-electron chi connectivity index (χ3n) is 5.10. The lowest BCUT2D eigenvalue weighted by molar-refractivity contribution is -0.114. The number of para-hydroxylation sites is 1. The number of amides is 1. The van der Waals surface area contributed by atoms with Gasteiger partial charge in [-0.2, -0.15) is 15.1 Å². The summed E-state index contributed by atoms with van der Waals surface area (Å²) in [5.41, 5.74) is 2.08. The summed E-state index contributed by atoms with van der Waals surface area (Å²) in [6.45, 7) is 6.66. The maximum atomic E-state index is 12.5. The topological polar surface area (TPSA) is 87.3 Å². The number of nitrogens with one attached hydrogen (secondary N) is 1. The highest BCUT2D eigenvalue weighted by Gasteiger charge is 2.35. The third-order valence-corrected chi connectivity index (χ3v) is 6.07. The summed E-state index contributed by atoms with van der Waals surface area (Å²) in [7, 11) is 0. The van der Waals surface area contributed by atoms with E-state index in [2.05, 4.69) is 23.6 Å². The van der Waals surface area contributed by atoms with Crippen molar-refractivity contribution in [1.29, 1.82) is 5.41 Å². The minimum absolute atomic E-state index is 0.0443. The smallest absolute Gasteiger partial charge is 0.283 e. The molecule has 7 nitrogen and oxygen atoms in total. The van der Waals surface area contributed by atoms with E-state index in [9.17, 15) is 4.79 Å². The van der Waals surface area contributed by atoms with Gasteiger partial charge in [0, 0.05) is 0 Å². The number of rotatable bonds is 10. The number of fused-ring (bicyclic) bond motifs is 1. The number of nitrogens with zero attached hydrogens (tertiary/aromatic N) is 3. The van der Waals surface area contributed by atoms with Crippen molar-refractivity contribution in [2.75, 3.05) is 13.2 Å². The molecule has 0 saturated heterocycles. The van der Waals surface area contributed by atoms with Gasteiger partial charge in [0.25, 0.3) is 5.91 Å². The largest absolute Gasteiger partial charge is 0.490 e. The maximum Gasteiger partial charge on any atom is 0.283 e. The van der Waals surface area contributed by atoms with Gasteiger partial charge < -0.3 is 9.47 Å². The molecular formula is C26H26N4O3S. The Morgan fingerprint density at radius 2 is 1.88 bits per heavy atom. The predicted molar refractivity (Wildman–Crippen MR) is 138 cm³/mol. The van der Waals surface area contributed by atoms with Gasteiger partial charge in [-0.25, -0.2) is 0 Å². The highest BCUT2D eigenvalue weighted by atomic mass is 32.2. The van der Waals surface area contributed by atoms with E-state index < -0.39 is 5.91 Å². The molecule has 2 aromatic rings. The summed E-state index contributed by atoms with van der Waals surface area (Å²) in [5.74, 6) is 1.15. The van der Waals surface area contributed by atoms with Crippen LogP contribution in [0.15, 0.2) is 76.9 Å². The van der Waals surface area contributed by atoms with E-state index in [1.807, 2.05) is 54.6 Å². The number of carbonyl (C=O) groups is 1. The fraction of sp³-hybridized carbons (Fsp3) is 0.231. The fourth-order valence-electron chi connectivity index (χ4n) is 3.45. The van der Waals surface area contributed by atoms with Gasteiger partial charge in [0.05, 0.1) is 5.57 Å². The molecule has 174 valence electrons. The first-order valence-electron chi connectivity index (χ1n) is 11.1. The number of carbonyl (C=O) groups excluding carboxylic acids is 1. The minimum Gasteiger partial charge on any atom is -0.490 e. The Balaban J connectivity index is 1.34. The van der Waals surface area contributed by atoms with Crippen molar-refractivity contribution in [3.05, 3.63) is 77.9 Å². The number of hydrogen-bond donors (Lipinski definition) is 1. The summed E-state index contributed by atoms with van der Waals surface area (Å²) in [4.78, 5) is 16.6. The highest BCUT2D eigenvalue weighted by Crippen LogP contribution is 2.30. The molecule has 0 fully saturated rings. The standard InChI is InChI=1S/C26H26N4O3S/c1-3-7-19-9-5-6-10-22(19)33-16-15-32-20-13-11-18(12-14-20)17-21-24(27)30-26(28-25(21)31)34-23(29-30)8-4-2/h3,5-6,9-14,17,27H,1,4,7-8,15-16H2,2H3/b21-17-,27-24?. The maximum absolute atomic E-state index is 12.5. The van der Waals surface area contributed by atoms with Crippen molar-refractivity contribution >= 4 is 39.8 Å². The molecule has 0 aliphatic carbocycles. The van der Waals surface area contributed by atoms with E-state index >= 15 is 0 Å². The van der Waals surface area contributed by atoms with E-state index in [1.165, 1.54) is 16.8 Å². The first-order chi connectivity index (χ1) is 16.6. The molecule has 0 unspecified atom stereocenters. The Morgan fingerprint density at radius 1 is 1.12 bits per heavy atom. The number of allylic oxidation sites excluding steroid dienone is 1. The van der Waals surface area contributed by atoms with Crippen molar-refractivity contribution in [3.63, 3.8) is 0 Å². The number of hydrazone groups is 1. The van der Waals surface area contributed by atoms with Crippen LogP contribution in [0.2, 0.25) is 0 Å². The van der Waals surface area contributed by atoms with Gasteiger partial charge >= 0.3 is 0 Å². The van der Waals surface area contributed by atoms with Crippen LogP contribution in [0.4, 0.5) is 0 Å². The fourth-order valence-corrected chi connectivity index (χ4v) is 4.44. The van der Waals surface area contributed by atoms with E-state index in [1.54, 1.807) is 6.08 Å². The molecule has 2 aromatic carbocycles. The van der Waals surface area contributed by atoms with Gasteiger partial charge in [-0.3, -0.25) is 10.2 Å². The molecule has 4 rings (SSSR count). The monoisotopic (exact) mass is 474 g/mol. The summed E-state index contributed by atoms with van der Waals surface area (Å²) < 4.78 is 11.6. The quantitative estimate of drug-likeness (QED) is 0.287. The Morgan fingerprint density at radius 3 is 2.65 bits per heavy atom. The second-order valence-electron chi connectivity index (χ2n) is 7.63. The summed E-state index contributed by atoms with van der Waals surface area (Å²) >= 11 is 1.35. The van der Waals surface area contributed by atoms with E-state index in [0.29, 0.717) is 24.1 Å². The van der Waals surface area contributed by atoms with Crippen LogP contribution in [0.25, 0.3) is 6.08 Å². The third kappa shape index (κ3) is 5.46. The van der Waals surface area contributed by atoms with Gasteiger partial charge in [0.2, 0.25) is 5.17 Å². The number of thioether (sulfide) groups is 1. The lowest BCUT2D eigenvalue weighted by Gasteiger charge is -2.20. The van der Waals surface area contributed by atoms with Crippen molar-refractivity contribution < 1.29 is 14.3 Å². The van der Waals surface area contributed by atoms with Gasteiger partial charge in [0.1, 0.15) is 29.8 Å². The van der Waals surface area contributed by atoms with Crippen LogP contribution in [-0.2, 0) is 11.2 Å². The second kappa shape index (κ2) is 11.0. The van der Waals surface area contributed by atoms with Crippen LogP contribution >= 0.6 is 11.8 Å². The highest BCUT2D eigenvalue weighted by molar-refractivity contribution is 8.26. The molecule has 34 heavy (non-hydrogen) atoms. The van der Waals surface area contributed by atoms with Crippen LogP contribution in [-0.4, -0.2) is 40.2 Å². The lowest BCUT2D eigenvalue weighted by atomic mass is 10.1. The van der Waals surface area contributed by atoms with Crippen LogP contribution in [0, 0.1) is 5.41 Å². The molecule has 2 aliphatic rings. The number of amidine groups is 2. The average molecular weight is 475 g/mol. The Kier molecular flexibility index (Phi) is 7.59. The molecule has 1 N–H and O–H groups in total. The normalized spacial score (nSPS) is 16.3. The molecule has 0 saturated carbocycles. The molecule has 0 aromatic heterocycles. The van der Waals surface area contributed by atoms with E-state index in [4.69, 9.17) is 14.9 Å². The SMILES string of the molecule is C=CCc1ccccc1OCCOc1ccc(/C=C2/C(=N)N3N=C(CCC)SC3=NC2=O)cc1. The summed E-state index contributed by atoms with van der Waals surface area (Å²) in [6.07, 6.45) is 6.01. The Hall–Kier alpha value is -3.65. The molecule has 8 heteroatoms. The first-order valence-corrected chi connectivity index (χ1v) is 11.9. The van der Waals surface area contributed by atoms with Crippen LogP contribution in [0.5, 0.6) is 11.5 Å². The van der Waals surface area contributed by atoms with E-state index in [0.717, 1.165) is 41.2 Å². The number of hydrogen-bond acceptors (Lipinski definition) is 6. The molecular weight excluding hydrogens is 448 g/mol. The zero-order valence-electron chi connectivity index (χ0n) is 19.0. The molecule has 2 heterocycles. The number of ether oxygens (including phenoxy) is 2. The van der Waals surface area contributed by atoms with Crippen molar-refractivity contribution in [2.45, 2.75) is 26.2 Å². The Labute approximate surface area is 203 Å². The molecule has 0 atom stereocenters. The van der Waals surface area contributed by atoms with Crippen molar-refractivity contribution in [2.24, 2.45) is 10.1 Å². The number of benzene rings is 2. The number of aliphatic imine (C=N–C) groups is 1. The van der Waals surface area contributed by atoms with E-state index in [-0.39, 0.29) is 11.4 Å². The Bertz CT molecular complexity index is 1180. The minimum atomic E-state index is -0.425. The molecule has 0 radical (unpaired) electrons. The summed E-state index contributed by atoms with van der Waals surface area (Å²) in [6, 6.07) is 15.2. The lowest BCUT2D eigenvalue weighted by Crippen LogP contribution is -2.35. The van der Waals surface area contributed by atoms with Crippen LogP contribution in [0.3, 0.4) is 0 Å². The van der Waals surface area contributed by atoms with Gasteiger partial charge in [0.15, 0.2) is 5.84 Å². The van der Waals surface area contributed by atoms with Gasteiger partial charge in [-0.05, 0) is 66.4 Å². The molecule has 2 aliphatic heterocycles. The van der Waals surface area contributed by atoms with Crippen molar-refractivity contribution in [1.82, 2.24) is 5.01 Å². The summed E-state index contributed by atoms with van der Waals surface area (Å²) in [5, 5.41) is 15.6. The molecule has 0 spiro atoms. The van der Waals surface area contributed by atoms with Crippen molar-refractivity contribution in [3.8, 4) is 11.5 Å². The predicted octanol–water partition coefficient (Wildman–Crippen LogP) is 5.29. The molecule has 0 bridgehead atoms. The average Bonchev–Trinajstić information content (AvgIpc) is 3.24. The zero-order valence-corrected chi connectivity index (χ0v) is 19.8. The van der Waals surface area contributed by atoms with Gasteiger partial charge in [-0.1, -0.05) is 43.3 Å². The first kappa shape index (κ1) is 23.5. The second-order valence-corrected chi connectivity index (χ2v) is 8.67. The van der Waals surface area contributed by atoms with Crippen LogP contribution < -0.4 is 9.47 Å². The molecule has 1 amide bonds. The van der Waals surface area contributed by atoms with Gasteiger partial charge in [-0.15, -0.1) is 6.58 Å². The van der Waals surface area contributed by atoms with Crippen LogP contribution in [0.1, 0.15) is 30.9 Å².